The molecule has 2 N–H and O–H groups in total. The van der Waals surface area contributed by atoms with Crippen LogP contribution in [0.3, 0.4) is 0 Å². The summed E-state index contributed by atoms with van der Waals surface area (Å²) in [5.74, 6) is 0.862. The summed E-state index contributed by atoms with van der Waals surface area (Å²) in [6, 6.07) is 8.24. The van der Waals surface area contributed by atoms with E-state index in [0.717, 1.165) is 24.2 Å². The second kappa shape index (κ2) is 8.59. The number of methoxy groups -OCH3 is 1. The number of carbonyl (C=O) groups excluding carboxylic acids is 1. The van der Waals surface area contributed by atoms with Gasteiger partial charge in [-0.1, -0.05) is 26.0 Å². The summed E-state index contributed by atoms with van der Waals surface area (Å²) in [6.07, 6.45) is 1.88. The Bertz CT molecular complexity index is 403. The van der Waals surface area contributed by atoms with Gasteiger partial charge in [0.2, 0.25) is 5.91 Å². The monoisotopic (exact) mass is 278 g/mol. The van der Waals surface area contributed by atoms with Crippen molar-refractivity contribution in [1.29, 1.82) is 0 Å². The number of nitrogens with one attached hydrogen (secondary N) is 2. The van der Waals surface area contributed by atoms with Crippen molar-refractivity contribution in [2.24, 2.45) is 0 Å². The van der Waals surface area contributed by atoms with Crippen LogP contribution in [0.25, 0.3) is 0 Å². The third kappa shape index (κ3) is 5.21. The molecule has 0 heterocycles. The molecule has 1 rings (SSSR count). The smallest absolute Gasteiger partial charge is 0.234 e. The zero-order chi connectivity index (χ0) is 15.0. The van der Waals surface area contributed by atoms with Crippen molar-refractivity contribution >= 4 is 5.91 Å². The van der Waals surface area contributed by atoms with E-state index < -0.39 is 0 Å². The van der Waals surface area contributed by atoms with Crippen molar-refractivity contribution in [1.82, 2.24) is 10.6 Å². The first-order chi connectivity index (χ1) is 9.60. The number of ether oxygens (including phenoxy) is 1. The SMILES string of the molecule is CCC(C)NCC(=O)NC(CC)c1ccc(OC)cc1. The van der Waals surface area contributed by atoms with E-state index in [4.69, 9.17) is 4.74 Å². The summed E-state index contributed by atoms with van der Waals surface area (Å²) in [5.41, 5.74) is 1.10. The number of benzene rings is 1. The Kier molecular flexibility index (Phi) is 7.09. The van der Waals surface area contributed by atoms with E-state index in [1.54, 1.807) is 7.11 Å². The van der Waals surface area contributed by atoms with Gasteiger partial charge in [0.25, 0.3) is 0 Å². The summed E-state index contributed by atoms with van der Waals surface area (Å²) in [5, 5.41) is 6.26. The van der Waals surface area contributed by atoms with Crippen LogP contribution < -0.4 is 15.4 Å². The molecule has 2 atom stereocenters. The summed E-state index contributed by atoms with van der Waals surface area (Å²) >= 11 is 0. The maximum Gasteiger partial charge on any atom is 0.234 e. The van der Waals surface area contributed by atoms with Crippen molar-refractivity contribution in [3.8, 4) is 5.75 Å². The lowest BCUT2D eigenvalue weighted by atomic mass is 10.0. The molecule has 1 amide bonds. The largest absolute Gasteiger partial charge is 0.497 e. The lowest BCUT2D eigenvalue weighted by Crippen LogP contribution is -2.39. The Morgan fingerprint density at radius 3 is 2.35 bits per heavy atom. The Labute approximate surface area is 121 Å². The van der Waals surface area contributed by atoms with Crippen molar-refractivity contribution < 1.29 is 9.53 Å². The number of hydrogen-bond acceptors (Lipinski definition) is 3. The van der Waals surface area contributed by atoms with Crippen LogP contribution in [0.5, 0.6) is 5.75 Å². The van der Waals surface area contributed by atoms with Gasteiger partial charge in [-0.2, -0.15) is 0 Å². The molecule has 112 valence electrons. The van der Waals surface area contributed by atoms with Crippen LogP contribution in [0.1, 0.15) is 45.2 Å². The standard InChI is InChI=1S/C16H26N2O2/c1-5-12(3)17-11-16(19)18-15(6-2)13-7-9-14(20-4)10-8-13/h7-10,12,15,17H,5-6,11H2,1-4H3,(H,18,19). The molecule has 0 aliphatic heterocycles. The molecule has 1 aromatic rings. The third-order valence-corrected chi connectivity index (χ3v) is 3.49. The van der Waals surface area contributed by atoms with E-state index in [9.17, 15) is 4.79 Å². The molecule has 0 aromatic heterocycles. The van der Waals surface area contributed by atoms with Crippen LogP contribution >= 0.6 is 0 Å². The number of amides is 1. The summed E-state index contributed by atoms with van der Waals surface area (Å²) in [7, 11) is 1.65. The molecule has 1 aromatic carbocycles. The minimum atomic E-state index is 0.0352. The van der Waals surface area contributed by atoms with Crippen molar-refractivity contribution in [3.63, 3.8) is 0 Å². The molecule has 0 aliphatic carbocycles. The Hall–Kier alpha value is -1.55. The fourth-order valence-electron chi connectivity index (χ4n) is 1.91. The second-order valence-electron chi connectivity index (χ2n) is 4.99. The van der Waals surface area contributed by atoms with Crippen molar-refractivity contribution in [3.05, 3.63) is 29.8 Å². The van der Waals surface area contributed by atoms with Crippen LogP contribution in [0.2, 0.25) is 0 Å². The van der Waals surface area contributed by atoms with Gasteiger partial charge in [0.05, 0.1) is 19.7 Å². The predicted molar refractivity (Wildman–Crippen MR) is 81.9 cm³/mol. The van der Waals surface area contributed by atoms with E-state index >= 15 is 0 Å². The second-order valence-corrected chi connectivity index (χ2v) is 4.99. The summed E-state index contributed by atoms with van der Waals surface area (Å²) in [4.78, 5) is 11.9. The molecular formula is C16H26N2O2. The average molecular weight is 278 g/mol. The van der Waals surface area contributed by atoms with E-state index in [2.05, 4.69) is 31.4 Å². The van der Waals surface area contributed by atoms with Gasteiger partial charge in [-0.3, -0.25) is 4.79 Å². The van der Waals surface area contributed by atoms with Gasteiger partial charge in [-0.25, -0.2) is 0 Å². The summed E-state index contributed by atoms with van der Waals surface area (Å²) < 4.78 is 5.14. The maximum absolute atomic E-state index is 11.9. The molecule has 0 bridgehead atoms. The highest BCUT2D eigenvalue weighted by Gasteiger charge is 2.13. The Balaban J connectivity index is 2.55. The molecule has 2 unspecified atom stereocenters. The average Bonchev–Trinajstić information content (AvgIpc) is 2.50. The highest BCUT2D eigenvalue weighted by Crippen LogP contribution is 2.19. The molecule has 4 heteroatoms. The fourth-order valence-corrected chi connectivity index (χ4v) is 1.91. The molecule has 0 aliphatic rings. The van der Waals surface area contributed by atoms with Gasteiger partial charge < -0.3 is 15.4 Å². The highest BCUT2D eigenvalue weighted by atomic mass is 16.5. The normalized spacial score (nSPS) is 13.6. The minimum Gasteiger partial charge on any atom is -0.497 e. The van der Waals surface area contributed by atoms with Crippen LogP contribution in [-0.2, 0) is 4.79 Å². The Morgan fingerprint density at radius 1 is 1.20 bits per heavy atom. The van der Waals surface area contributed by atoms with Crippen LogP contribution in [0.15, 0.2) is 24.3 Å². The molecule has 0 saturated carbocycles. The van der Waals surface area contributed by atoms with Crippen LogP contribution in [-0.4, -0.2) is 25.6 Å². The topological polar surface area (TPSA) is 50.4 Å². The zero-order valence-corrected chi connectivity index (χ0v) is 12.9. The third-order valence-electron chi connectivity index (χ3n) is 3.49. The first kappa shape index (κ1) is 16.5. The highest BCUT2D eigenvalue weighted by molar-refractivity contribution is 5.78. The van der Waals surface area contributed by atoms with Crippen LogP contribution in [0, 0.1) is 0 Å². The molecule has 4 nitrogen and oxygen atoms in total. The van der Waals surface area contributed by atoms with E-state index in [0.29, 0.717) is 12.6 Å². The summed E-state index contributed by atoms with van der Waals surface area (Å²) in [6.45, 7) is 6.61. The number of hydrogen-bond donors (Lipinski definition) is 2. The van der Waals surface area contributed by atoms with Gasteiger partial charge >= 0.3 is 0 Å². The molecule has 0 saturated heterocycles. The lowest BCUT2D eigenvalue weighted by molar-refractivity contribution is -0.121. The number of carbonyl (C=O) groups is 1. The van der Waals surface area contributed by atoms with Gasteiger partial charge in [0.1, 0.15) is 5.75 Å². The predicted octanol–water partition coefficient (Wildman–Crippen LogP) is 2.65. The Morgan fingerprint density at radius 2 is 1.85 bits per heavy atom. The van der Waals surface area contributed by atoms with Crippen LogP contribution in [0.4, 0.5) is 0 Å². The molecular weight excluding hydrogens is 252 g/mol. The van der Waals surface area contributed by atoms with Gasteiger partial charge in [0, 0.05) is 6.04 Å². The molecule has 0 spiro atoms. The van der Waals surface area contributed by atoms with E-state index in [1.807, 2.05) is 24.3 Å². The molecule has 20 heavy (non-hydrogen) atoms. The molecule has 0 radical (unpaired) electrons. The van der Waals surface area contributed by atoms with Crippen molar-refractivity contribution in [2.45, 2.75) is 45.7 Å². The zero-order valence-electron chi connectivity index (χ0n) is 12.9. The lowest BCUT2D eigenvalue weighted by Gasteiger charge is -2.19. The van der Waals surface area contributed by atoms with Gasteiger partial charge in [-0.15, -0.1) is 0 Å². The quantitative estimate of drug-likeness (QED) is 0.768. The first-order valence-electron chi connectivity index (χ1n) is 7.27. The van der Waals surface area contributed by atoms with E-state index in [-0.39, 0.29) is 11.9 Å². The maximum atomic E-state index is 11.9. The minimum absolute atomic E-state index is 0.0352. The fraction of sp³-hybridized carbons (Fsp3) is 0.562. The first-order valence-corrected chi connectivity index (χ1v) is 7.27. The van der Waals surface area contributed by atoms with Gasteiger partial charge in [-0.05, 0) is 37.5 Å². The number of rotatable bonds is 8. The molecule has 0 fully saturated rings. The van der Waals surface area contributed by atoms with Crippen molar-refractivity contribution in [2.75, 3.05) is 13.7 Å². The van der Waals surface area contributed by atoms with E-state index in [1.165, 1.54) is 0 Å². The van der Waals surface area contributed by atoms with Gasteiger partial charge in [0.15, 0.2) is 0 Å².